The minimum absolute atomic E-state index is 0.207. The number of aromatic nitrogens is 2. The molecule has 1 aromatic rings. The van der Waals surface area contributed by atoms with Gasteiger partial charge >= 0.3 is 0 Å². The molecule has 6 heteroatoms. The van der Waals surface area contributed by atoms with E-state index in [2.05, 4.69) is 10.1 Å². The van der Waals surface area contributed by atoms with Gasteiger partial charge in [-0.05, 0) is 39.0 Å². The second kappa shape index (κ2) is 5.79. The second-order valence-electron chi connectivity index (χ2n) is 6.13. The molecule has 2 N–H and O–H groups in total. The van der Waals surface area contributed by atoms with Gasteiger partial charge in [0.15, 0.2) is 5.82 Å². The zero-order chi connectivity index (χ0) is 14.0. The summed E-state index contributed by atoms with van der Waals surface area (Å²) >= 11 is 0. The molecule has 2 heterocycles. The first-order chi connectivity index (χ1) is 9.63. The molecule has 0 spiro atoms. The predicted octanol–water partition coefficient (Wildman–Crippen LogP) is 1.53. The Morgan fingerprint density at radius 3 is 2.85 bits per heavy atom. The zero-order valence-electron chi connectivity index (χ0n) is 12.0. The van der Waals surface area contributed by atoms with Crippen molar-refractivity contribution in [3.05, 3.63) is 11.7 Å². The van der Waals surface area contributed by atoms with Gasteiger partial charge in [-0.15, -0.1) is 0 Å². The second-order valence-corrected chi connectivity index (χ2v) is 6.13. The van der Waals surface area contributed by atoms with E-state index in [0.717, 1.165) is 32.3 Å². The topological polar surface area (TPSA) is 83.4 Å². The SMILES string of the molecule is CC(N)(COC1CCC1)c1noc(CC2CCCO2)n1. The lowest BCUT2D eigenvalue weighted by molar-refractivity contribution is -0.0222. The first-order valence-corrected chi connectivity index (χ1v) is 7.49. The van der Waals surface area contributed by atoms with Crippen LogP contribution in [0.4, 0.5) is 0 Å². The van der Waals surface area contributed by atoms with E-state index in [1.165, 1.54) is 6.42 Å². The van der Waals surface area contributed by atoms with Crippen LogP contribution in [0.5, 0.6) is 0 Å². The van der Waals surface area contributed by atoms with Crippen LogP contribution in [0.1, 0.15) is 50.7 Å². The molecule has 3 rings (SSSR count). The predicted molar refractivity (Wildman–Crippen MR) is 72.1 cm³/mol. The monoisotopic (exact) mass is 281 g/mol. The highest BCUT2D eigenvalue weighted by Gasteiger charge is 2.31. The van der Waals surface area contributed by atoms with Gasteiger partial charge in [0.25, 0.3) is 0 Å². The van der Waals surface area contributed by atoms with Crippen LogP contribution in [-0.2, 0) is 21.4 Å². The highest BCUT2D eigenvalue weighted by atomic mass is 16.5. The Bertz CT molecular complexity index is 437. The van der Waals surface area contributed by atoms with Crippen LogP contribution in [0, 0.1) is 0 Å². The molecule has 0 amide bonds. The number of nitrogens with zero attached hydrogens (tertiary/aromatic N) is 2. The number of hydrogen-bond donors (Lipinski definition) is 1. The van der Waals surface area contributed by atoms with Crippen molar-refractivity contribution in [2.24, 2.45) is 5.73 Å². The summed E-state index contributed by atoms with van der Waals surface area (Å²) in [4.78, 5) is 4.40. The maximum atomic E-state index is 6.25. The number of hydrogen-bond acceptors (Lipinski definition) is 6. The summed E-state index contributed by atoms with van der Waals surface area (Å²) in [5.74, 6) is 1.12. The van der Waals surface area contributed by atoms with Crippen LogP contribution in [0.15, 0.2) is 4.52 Å². The average Bonchev–Trinajstić information content (AvgIpc) is 2.99. The summed E-state index contributed by atoms with van der Waals surface area (Å²) in [5.41, 5.74) is 5.54. The molecule has 0 bridgehead atoms. The Morgan fingerprint density at radius 2 is 2.20 bits per heavy atom. The van der Waals surface area contributed by atoms with Gasteiger partial charge in [-0.3, -0.25) is 0 Å². The molecule has 2 unspecified atom stereocenters. The number of rotatable bonds is 6. The Balaban J connectivity index is 1.55. The highest BCUT2D eigenvalue weighted by molar-refractivity contribution is 5.02. The third-order valence-electron chi connectivity index (χ3n) is 4.08. The van der Waals surface area contributed by atoms with Gasteiger partial charge in [-0.1, -0.05) is 5.16 Å². The molecular formula is C14H23N3O3. The molecule has 0 aromatic carbocycles. The van der Waals surface area contributed by atoms with E-state index in [1.807, 2.05) is 6.92 Å². The van der Waals surface area contributed by atoms with Gasteiger partial charge < -0.3 is 19.7 Å². The lowest BCUT2D eigenvalue weighted by Gasteiger charge is -2.29. The minimum Gasteiger partial charge on any atom is -0.378 e. The van der Waals surface area contributed by atoms with Crippen molar-refractivity contribution < 1.29 is 14.0 Å². The molecule has 2 fully saturated rings. The van der Waals surface area contributed by atoms with Crippen molar-refractivity contribution >= 4 is 0 Å². The summed E-state index contributed by atoms with van der Waals surface area (Å²) in [6.45, 7) is 3.14. The smallest absolute Gasteiger partial charge is 0.229 e. The molecule has 20 heavy (non-hydrogen) atoms. The molecule has 0 radical (unpaired) electrons. The molecule has 1 aromatic heterocycles. The lowest BCUT2D eigenvalue weighted by atomic mass is 9.95. The first-order valence-electron chi connectivity index (χ1n) is 7.49. The van der Waals surface area contributed by atoms with Gasteiger partial charge in [-0.2, -0.15) is 4.98 Å². The van der Waals surface area contributed by atoms with Crippen molar-refractivity contribution in [3.63, 3.8) is 0 Å². The largest absolute Gasteiger partial charge is 0.378 e. The molecule has 1 aliphatic carbocycles. The van der Waals surface area contributed by atoms with E-state index in [-0.39, 0.29) is 6.10 Å². The summed E-state index contributed by atoms with van der Waals surface area (Å²) in [6, 6.07) is 0. The molecule has 2 atom stereocenters. The lowest BCUT2D eigenvalue weighted by Crippen LogP contribution is -2.41. The quantitative estimate of drug-likeness (QED) is 0.851. The van der Waals surface area contributed by atoms with Crippen molar-refractivity contribution in [2.75, 3.05) is 13.2 Å². The summed E-state index contributed by atoms with van der Waals surface area (Å²) < 4.78 is 16.6. The van der Waals surface area contributed by atoms with E-state index in [4.69, 9.17) is 19.7 Å². The Labute approximate surface area is 119 Å². The molecule has 1 saturated carbocycles. The van der Waals surface area contributed by atoms with E-state index in [1.54, 1.807) is 0 Å². The molecule has 6 nitrogen and oxygen atoms in total. The van der Waals surface area contributed by atoms with Crippen LogP contribution in [0.25, 0.3) is 0 Å². The van der Waals surface area contributed by atoms with Crippen molar-refractivity contribution in [3.8, 4) is 0 Å². The van der Waals surface area contributed by atoms with Crippen molar-refractivity contribution in [2.45, 2.75) is 63.2 Å². The van der Waals surface area contributed by atoms with Gasteiger partial charge in [0.05, 0.1) is 25.2 Å². The highest BCUT2D eigenvalue weighted by Crippen LogP contribution is 2.25. The van der Waals surface area contributed by atoms with E-state index in [0.29, 0.717) is 30.8 Å². The van der Waals surface area contributed by atoms with Crippen LogP contribution in [-0.4, -0.2) is 35.6 Å². The van der Waals surface area contributed by atoms with Crippen LogP contribution in [0.2, 0.25) is 0 Å². The van der Waals surface area contributed by atoms with Gasteiger partial charge in [0.1, 0.15) is 5.54 Å². The van der Waals surface area contributed by atoms with Crippen LogP contribution < -0.4 is 5.73 Å². The van der Waals surface area contributed by atoms with Crippen LogP contribution in [0.3, 0.4) is 0 Å². The maximum absolute atomic E-state index is 6.25. The molecular weight excluding hydrogens is 258 g/mol. The van der Waals surface area contributed by atoms with Gasteiger partial charge in [-0.25, -0.2) is 0 Å². The minimum atomic E-state index is -0.701. The standard InChI is InChI=1S/C14H23N3O3/c1-14(15,9-19-10-4-2-5-10)13-16-12(20-17-13)8-11-6-3-7-18-11/h10-11H,2-9,15H2,1H3. The normalized spacial score (nSPS) is 26.4. The average molecular weight is 281 g/mol. The van der Waals surface area contributed by atoms with Crippen LogP contribution >= 0.6 is 0 Å². The fourth-order valence-corrected chi connectivity index (χ4v) is 2.46. The van der Waals surface area contributed by atoms with E-state index in [9.17, 15) is 0 Å². The third-order valence-corrected chi connectivity index (χ3v) is 4.08. The Kier molecular flexibility index (Phi) is 4.05. The van der Waals surface area contributed by atoms with Crippen molar-refractivity contribution in [1.29, 1.82) is 0 Å². The van der Waals surface area contributed by atoms with E-state index >= 15 is 0 Å². The van der Waals surface area contributed by atoms with E-state index < -0.39 is 5.54 Å². The molecule has 1 saturated heterocycles. The number of ether oxygens (including phenoxy) is 2. The summed E-state index contributed by atoms with van der Waals surface area (Å²) in [7, 11) is 0. The zero-order valence-corrected chi connectivity index (χ0v) is 12.0. The Hall–Kier alpha value is -0.980. The first kappa shape index (κ1) is 14.0. The number of nitrogens with two attached hydrogens (primary N) is 1. The van der Waals surface area contributed by atoms with Crippen molar-refractivity contribution in [1.82, 2.24) is 10.1 Å². The molecule has 1 aliphatic heterocycles. The maximum Gasteiger partial charge on any atom is 0.229 e. The summed E-state index contributed by atoms with van der Waals surface area (Å²) in [5, 5.41) is 4.01. The third kappa shape index (κ3) is 3.19. The fraction of sp³-hybridized carbons (Fsp3) is 0.857. The Morgan fingerprint density at radius 1 is 1.35 bits per heavy atom. The fourth-order valence-electron chi connectivity index (χ4n) is 2.46. The molecule has 112 valence electrons. The van der Waals surface area contributed by atoms with Gasteiger partial charge in [0.2, 0.25) is 5.89 Å². The summed E-state index contributed by atoms with van der Waals surface area (Å²) in [6.07, 6.45) is 6.92. The van der Waals surface area contributed by atoms with Gasteiger partial charge in [0, 0.05) is 6.61 Å². The molecule has 2 aliphatic rings.